The third-order valence-electron chi connectivity index (χ3n) is 4.12. The molecule has 0 radical (unpaired) electrons. The second-order valence-electron chi connectivity index (χ2n) is 6.21. The largest absolute Gasteiger partial charge is 0.494 e. The number of hydrogen-bond acceptors (Lipinski definition) is 3. The van der Waals surface area contributed by atoms with Crippen LogP contribution in [0.3, 0.4) is 0 Å². The predicted octanol–water partition coefficient (Wildman–Crippen LogP) is 6.90. The van der Waals surface area contributed by atoms with Gasteiger partial charge >= 0.3 is 0 Å². The summed E-state index contributed by atoms with van der Waals surface area (Å²) in [6.07, 6.45) is 7.81. The summed E-state index contributed by atoms with van der Waals surface area (Å²) in [6, 6.07) is 14.1. The second kappa shape index (κ2) is 10.1. The molecule has 0 aliphatic rings. The molecule has 3 rings (SSSR count). The number of ether oxygens (including phenoxy) is 1. The summed E-state index contributed by atoms with van der Waals surface area (Å²) < 4.78 is 7.86. The summed E-state index contributed by atoms with van der Waals surface area (Å²) in [5.41, 5.74) is 1.22. The molecule has 3 nitrogen and oxygen atoms in total. The molecule has 1 atom stereocenters. The molecule has 27 heavy (non-hydrogen) atoms. The summed E-state index contributed by atoms with van der Waals surface area (Å²) in [7, 11) is 0. The third kappa shape index (κ3) is 5.93. The lowest BCUT2D eigenvalue weighted by atomic mass is 10.1. The molecular weight excluding hydrogens is 399 g/mol. The van der Waals surface area contributed by atoms with Crippen LogP contribution in [-0.4, -0.2) is 16.2 Å². The van der Waals surface area contributed by atoms with Gasteiger partial charge in [0.15, 0.2) is 0 Å². The van der Waals surface area contributed by atoms with Gasteiger partial charge in [-0.2, -0.15) is 0 Å². The molecule has 6 heteroatoms. The van der Waals surface area contributed by atoms with E-state index < -0.39 is 0 Å². The zero-order chi connectivity index (χ0) is 19.1. The molecule has 0 fully saturated rings. The molecule has 0 aliphatic carbocycles. The first kappa shape index (κ1) is 20.1. The summed E-state index contributed by atoms with van der Waals surface area (Å²) >= 11 is 14.0. The van der Waals surface area contributed by atoms with Crippen LogP contribution in [0.15, 0.2) is 66.1 Å². The fourth-order valence-electron chi connectivity index (χ4n) is 2.62. The van der Waals surface area contributed by atoms with Crippen LogP contribution in [-0.2, 0) is 6.54 Å². The van der Waals surface area contributed by atoms with Crippen molar-refractivity contribution in [3.05, 3.63) is 76.8 Å². The Bertz CT molecular complexity index is 838. The Morgan fingerprint density at radius 3 is 2.59 bits per heavy atom. The van der Waals surface area contributed by atoms with Gasteiger partial charge < -0.3 is 9.30 Å². The zero-order valence-corrected chi connectivity index (χ0v) is 17.5. The van der Waals surface area contributed by atoms with Crippen molar-refractivity contribution in [3.8, 4) is 5.75 Å². The minimum absolute atomic E-state index is 0.209. The van der Waals surface area contributed by atoms with Crippen LogP contribution >= 0.6 is 35.0 Å². The minimum Gasteiger partial charge on any atom is -0.494 e. The van der Waals surface area contributed by atoms with Gasteiger partial charge in [-0.25, -0.2) is 4.98 Å². The van der Waals surface area contributed by atoms with Crippen molar-refractivity contribution in [1.29, 1.82) is 0 Å². The topological polar surface area (TPSA) is 27.1 Å². The van der Waals surface area contributed by atoms with E-state index in [4.69, 9.17) is 27.9 Å². The number of rotatable bonds is 9. The van der Waals surface area contributed by atoms with Gasteiger partial charge in [-0.15, -0.1) is 11.8 Å². The fourth-order valence-corrected chi connectivity index (χ4v) is 4.19. The van der Waals surface area contributed by atoms with Gasteiger partial charge in [0.1, 0.15) is 5.75 Å². The number of nitrogens with zero attached hydrogens (tertiary/aromatic N) is 2. The van der Waals surface area contributed by atoms with Crippen LogP contribution in [0, 0.1) is 0 Å². The molecule has 142 valence electrons. The van der Waals surface area contributed by atoms with Crippen LogP contribution in [0.1, 0.15) is 30.6 Å². The Hall–Kier alpha value is -1.62. The van der Waals surface area contributed by atoms with Crippen LogP contribution in [0.25, 0.3) is 0 Å². The van der Waals surface area contributed by atoms with E-state index in [1.165, 1.54) is 5.56 Å². The predicted molar refractivity (Wildman–Crippen MR) is 114 cm³/mol. The quantitative estimate of drug-likeness (QED) is 0.278. The molecule has 0 amide bonds. The normalized spacial score (nSPS) is 12.1. The maximum Gasteiger partial charge on any atom is 0.119 e. The van der Waals surface area contributed by atoms with Gasteiger partial charge in [0, 0.05) is 23.8 Å². The monoisotopic (exact) mass is 420 g/mol. The van der Waals surface area contributed by atoms with E-state index in [-0.39, 0.29) is 5.25 Å². The molecule has 1 heterocycles. The van der Waals surface area contributed by atoms with E-state index in [1.54, 1.807) is 18.0 Å². The highest BCUT2D eigenvalue weighted by molar-refractivity contribution is 7.99. The highest BCUT2D eigenvalue weighted by Gasteiger charge is 2.15. The summed E-state index contributed by atoms with van der Waals surface area (Å²) in [6.45, 7) is 3.72. The molecule has 0 aliphatic heterocycles. The van der Waals surface area contributed by atoms with Crippen molar-refractivity contribution < 1.29 is 4.74 Å². The Kier molecular flexibility index (Phi) is 7.50. The van der Waals surface area contributed by atoms with Crippen molar-refractivity contribution in [2.75, 3.05) is 6.61 Å². The summed E-state index contributed by atoms with van der Waals surface area (Å²) in [4.78, 5) is 5.23. The van der Waals surface area contributed by atoms with Gasteiger partial charge in [-0.05, 0) is 42.3 Å². The van der Waals surface area contributed by atoms with Crippen molar-refractivity contribution in [2.45, 2.75) is 36.5 Å². The fraction of sp³-hybridized carbons (Fsp3) is 0.286. The van der Waals surface area contributed by atoms with E-state index in [0.29, 0.717) is 10.0 Å². The molecular formula is C21H22Cl2N2OS. The summed E-state index contributed by atoms with van der Waals surface area (Å²) in [5.74, 6) is 0.910. The number of halogens is 2. The number of hydrogen-bond donors (Lipinski definition) is 0. The van der Waals surface area contributed by atoms with Gasteiger partial charge in [0.2, 0.25) is 0 Å². The highest BCUT2D eigenvalue weighted by Crippen LogP contribution is 2.39. The van der Waals surface area contributed by atoms with Crippen molar-refractivity contribution in [3.63, 3.8) is 0 Å². The van der Waals surface area contributed by atoms with Crippen molar-refractivity contribution in [2.24, 2.45) is 0 Å². The van der Waals surface area contributed by atoms with E-state index in [1.807, 2.05) is 42.9 Å². The Morgan fingerprint density at radius 2 is 1.93 bits per heavy atom. The Labute approximate surface area is 174 Å². The van der Waals surface area contributed by atoms with Crippen LogP contribution in [0.4, 0.5) is 0 Å². The minimum atomic E-state index is 0.209. The SMILES string of the molecule is CCCCOc1ccc(C(Cn2ccnc2)Sc2ccc(Cl)c(Cl)c2)cc1. The number of aromatic nitrogens is 2. The van der Waals surface area contributed by atoms with Crippen molar-refractivity contribution >= 4 is 35.0 Å². The smallest absolute Gasteiger partial charge is 0.119 e. The maximum atomic E-state index is 6.19. The lowest BCUT2D eigenvalue weighted by Crippen LogP contribution is -2.05. The molecule has 0 saturated carbocycles. The Morgan fingerprint density at radius 1 is 1.11 bits per heavy atom. The zero-order valence-electron chi connectivity index (χ0n) is 15.1. The van der Waals surface area contributed by atoms with Gasteiger partial charge in [-0.1, -0.05) is 48.7 Å². The third-order valence-corrected chi connectivity index (χ3v) is 6.09. The number of imidazole rings is 1. The van der Waals surface area contributed by atoms with E-state index in [2.05, 4.69) is 28.6 Å². The standard InChI is InChI=1S/C21H22Cl2N2OS/c1-2-3-12-26-17-6-4-16(5-7-17)21(14-25-11-10-24-15-25)27-18-8-9-19(22)20(23)13-18/h4-11,13,15,21H,2-3,12,14H2,1H3. The molecule has 0 bridgehead atoms. The van der Waals surface area contributed by atoms with Crippen LogP contribution < -0.4 is 4.74 Å². The van der Waals surface area contributed by atoms with Gasteiger partial charge in [0.25, 0.3) is 0 Å². The number of thioether (sulfide) groups is 1. The second-order valence-corrected chi connectivity index (χ2v) is 8.30. The Balaban J connectivity index is 1.77. The molecule has 0 N–H and O–H groups in total. The van der Waals surface area contributed by atoms with Crippen LogP contribution in [0.2, 0.25) is 10.0 Å². The molecule has 0 saturated heterocycles. The highest BCUT2D eigenvalue weighted by atomic mass is 35.5. The average Bonchev–Trinajstić information content (AvgIpc) is 3.18. The summed E-state index contributed by atoms with van der Waals surface area (Å²) in [5, 5.41) is 1.35. The number of unbranched alkanes of at least 4 members (excludes halogenated alkanes) is 1. The van der Waals surface area contributed by atoms with E-state index in [0.717, 1.165) is 36.6 Å². The van der Waals surface area contributed by atoms with Gasteiger partial charge in [0.05, 0.1) is 28.2 Å². The van der Waals surface area contributed by atoms with Crippen molar-refractivity contribution in [1.82, 2.24) is 9.55 Å². The molecule has 0 spiro atoms. The first-order valence-corrected chi connectivity index (χ1v) is 10.6. The molecule has 2 aromatic carbocycles. The van der Waals surface area contributed by atoms with E-state index in [9.17, 15) is 0 Å². The molecule has 1 aromatic heterocycles. The lowest BCUT2D eigenvalue weighted by Gasteiger charge is -2.18. The lowest BCUT2D eigenvalue weighted by molar-refractivity contribution is 0.309. The van der Waals surface area contributed by atoms with Gasteiger partial charge in [-0.3, -0.25) is 0 Å². The average molecular weight is 421 g/mol. The maximum absolute atomic E-state index is 6.19. The number of benzene rings is 2. The first-order valence-electron chi connectivity index (χ1n) is 8.96. The first-order chi connectivity index (χ1) is 13.2. The molecule has 1 unspecified atom stereocenters. The van der Waals surface area contributed by atoms with E-state index >= 15 is 0 Å². The molecule has 3 aromatic rings. The van der Waals surface area contributed by atoms with Crippen LogP contribution in [0.5, 0.6) is 5.75 Å².